The number of nitrogens with zero attached hydrogens (tertiary/aromatic N) is 2. The summed E-state index contributed by atoms with van der Waals surface area (Å²) < 4.78 is 29.2. The summed E-state index contributed by atoms with van der Waals surface area (Å²) in [6.45, 7) is 3.38. The first-order chi connectivity index (χ1) is 19.9. The van der Waals surface area contributed by atoms with Gasteiger partial charge in [0.25, 0.3) is 0 Å². The number of sulfonamides is 1. The van der Waals surface area contributed by atoms with Gasteiger partial charge in [0.1, 0.15) is 11.6 Å². The van der Waals surface area contributed by atoms with Crippen LogP contribution >= 0.6 is 11.6 Å². The molecular weight excluding hydrogens is 580 g/mol. The molecule has 2 aliphatic heterocycles. The maximum atomic E-state index is 14.1. The summed E-state index contributed by atoms with van der Waals surface area (Å²) in [6, 6.07) is 13.0. The van der Waals surface area contributed by atoms with Crippen LogP contribution < -0.4 is 21.1 Å². The van der Waals surface area contributed by atoms with Gasteiger partial charge in [-0.2, -0.15) is 4.72 Å². The molecule has 13 heteroatoms. The lowest BCUT2D eigenvalue weighted by atomic mass is 9.95. The van der Waals surface area contributed by atoms with E-state index >= 15 is 0 Å². The minimum atomic E-state index is -4.05. The normalized spacial score (nSPS) is 18.7. The summed E-state index contributed by atoms with van der Waals surface area (Å²) in [5.41, 5.74) is 6.17. The van der Waals surface area contributed by atoms with Crippen LogP contribution in [0, 0.1) is 0 Å². The first kappa shape index (κ1) is 31.9. The molecule has 3 amide bonds. The Morgan fingerprint density at radius 1 is 1.14 bits per heavy atom. The smallest absolute Gasteiger partial charge is 0.244 e. The first-order valence-corrected chi connectivity index (χ1v) is 16.0. The highest BCUT2D eigenvalue weighted by Crippen LogP contribution is 2.26. The van der Waals surface area contributed by atoms with Gasteiger partial charge in [0.05, 0.1) is 18.2 Å². The number of nitrogens with two attached hydrogens (primary N) is 1. The van der Waals surface area contributed by atoms with Gasteiger partial charge in [-0.3, -0.25) is 14.4 Å². The van der Waals surface area contributed by atoms with Crippen LogP contribution in [-0.4, -0.2) is 80.2 Å². The zero-order valence-electron chi connectivity index (χ0n) is 23.9. The lowest BCUT2D eigenvalue weighted by Gasteiger charge is -2.39. The van der Waals surface area contributed by atoms with Gasteiger partial charge < -0.3 is 26.2 Å². The van der Waals surface area contributed by atoms with Crippen LogP contribution in [0.15, 0.2) is 48.5 Å². The van der Waals surface area contributed by atoms with Gasteiger partial charge in [0.2, 0.25) is 27.7 Å². The summed E-state index contributed by atoms with van der Waals surface area (Å²) in [5.74, 6) is -1.71. The number of benzene rings is 2. The number of likely N-dealkylation sites (N-methyl/N-ethyl adjacent to an activating group) is 1. The van der Waals surface area contributed by atoms with E-state index in [1.54, 1.807) is 60.5 Å². The average molecular weight is 619 g/mol. The Morgan fingerprint density at radius 3 is 2.50 bits per heavy atom. The Bertz CT molecular complexity index is 1400. The Labute approximate surface area is 252 Å². The first-order valence-electron chi connectivity index (χ1n) is 14.0. The third kappa shape index (κ3) is 7.67. The molecule has 2 unspecified atom stereocenters. The number of carbonyl (C=O) groups excluding carboxylic acids is 3. The van der Waals surface area contributed by atoms with Crippen LogP contribution in [0.3, 0.4) is 0 Å². The Kier molecular flexibility index (Phi) is 10.3. The van der Waals surface area contributed by atoms with Crippen LogP contribution in [0.4, 0.5) is 0 Å². The van der Waals surface area contributed by atoms with Crippen molar-refractivity contribution in [2.24, 2.45) is 5.73 Å². The summed E-state index contributed by atoms with van der Waals surface area (Å²) >= 11 is 6.13. The number of likely N-dealkylation sites (tertiary alicyclic amines) is 1. The van der Waals surface area contributed by atoms with Gasteiger partial charge >= 0.3 is 0 Å². The molecule has 2 atom stereocenters. The highest BCUT2D eigenvalue weighted by atomic mass is 35.5. The minimum absolute atomic E-state index is 0.0343. The molecule has 0 spiro atoms. The third-order valence-electron chi connectivity index (χ3n) is 7.92. The molecule has 2 fully saturated rings. The van der Waals surface area contributed by atoms with Crippen molar-refractivity contribution in [1.29, 1.82) is 0 Å². The van der Waals surface area contributed by atoms with Crippen molar-refractivity contribution in [3.05, 3.63) is 70.2 Å². The van der Waals surface area contributed by atoms with E-state index in [2.05, 4.69) is 15.4 Å². The fourth-order valence-electron chi connectivity index (χ4n) is 5.36. The van der Waals surface area contributed by atoms with Crippen molar-refractivity contribution < 1.29 is 22.8 Å². The number of nitrogens with one attached hydrogen (secondary N) is 3. The highest BCUT2D eigenvalue weighted by molar-refractivity contribution is 7.88. The molecule has 11 nitrogen and oxygen atoms in total. The SMILES string of the molecule is CN(C(=O)CC(C)(NS(=O)(=O)Cc1ccccc1)C(=O)N1CCCC1C(=O)NCc1cc(Cl)ccc1CN)C1CNC1. The zero-order chi connectivity index (χ0) is 30.5. The van der Waals surface area contributed by atoms with Crippen molar-refractivity contribution in [2.75, 3.05) is 26.7 Å². The standard InChI is InChI=1S/C29H39ClN6O5S/c1-29(14-26(37)35(2)24-17-32-18-24,34-42(40,41)19-20-7-4-3-5-8-20)28(39)36-12-6-9-25(36)27(38)33-16-22-13-23(30)11-10-21(22)15-31/h3-5,7-8,10-11,13,24-25,32,34H,6,9,12,14-19,31H2,1-2H3,(H,33,38). The summed E-state index contributed by atoms with van der Waals surface area (Å²) in [5, 5.41) is 6.50. The second-order valence-corrected chi connectivity index (χ2v) is 13.3. The van der Waals surface area contributed by atoms with Crippen LogP contribution in [0.5, 0.6) is 0 Å². The largest absolute Gasteiger partial charge is 0.350 e. The van der Waals surface area contributed by atoms with Crippen LogP contribution in [0.1, 0.15) is 42.9 Å². The van der Waals surface area contributed by atoms with Gasteiger partial charge in [0.15, 0.2) is 0 Å². The Balaban J connectivity index is 1.54. The molecule has 2 aliphatic rings. The van der Waals surface area contributed by atoms with Crippen molar-refractivity contribution >= 4 is 39.3 Å². The second kappa shape index (κ2) is 13.5. The van der Waals surface area contributed by atoms with E-state index in [1.165, 1.54) is 11.8 Å². The Hall–Kier alpha value is -3.03. The topological polar surface area (TPSA) is 154 Å². The molecule has 228 valence electrons. The number of amides is 3. The summed E-state index contributed by atoms with van der Waals surface area (Å²) in [7, 11) is -2.40. The minimum Gasteiger partial charge on any atom is -0.350 e. The van der Waals surface area contributed by atoms with E-state index in [-0.39, 0.29) is 49.7 Å². The van der Waals surface area contributed by atoms with E-state index in [4.69, 9.17) is 17.3 Å². The maximum absolute atomic E-state index is 14.1. The fraction of sp³-hybridized carbons (Fsp3) is 0.483. The molecule has 4 rings (SSSR count). The van der Waals surface area contributed by atoms with Gasteiger partial charge in [0, 0.05) is 44.8 Å². The molecule has 0 saturated carbocycles. The fourth-order valence-corrected chi connectivity index (χ4v) is 7.11. The lowest BCUT2D eigenvalue weighted by Crippen LogP contribution is -2.63. The lowest BCUT2D eigenvalue weighted by molar-refractivity contribution is -0.146. The Morgan fingerprint density at radius 2 is 1.86 bits per heavy atom. The van der Waals surface area contributed by atoms with Crippen LogP contribution in [-0.2, 0) is 43.2 Å². The molecule has 5 N–H and O–H groups in total. The van der Waals surface area contributed by atoms with Crippen molar-refractivity contribution in [3.8, 4) is 0 Å². The predicted octanol–water partition coefficient (Wildman–Crippen LogP) is 1.10. The van der Waals surface area contributed by atoms with Gasteiger partial charge in [-0.25, -0.2) is 8.42 Å². The highest BCUT2D eigenvalue weighted by Gasteiger charge is 2.47. The van der Waals surface area contributed by atoms with Crippen molar-refractivity contribution in [3.63, 3.8) is 0 Å². The zero-order valence-corrected chi connectivity index (χ0v) is 25.5. The molecule has 0 aromatic heterocycles. The monoisotopic (exact) mass is 618 g/mol. The molecule has 0 aliphatic carbocycles. The van der Waals surface area contributed by atoms with E-state index < -0.39 is 27.5 Å². The van der Waals surface area contributed by atoms with Crippen molar-refractivity contribution in [1.82, 2.24) is 25.2 Å². The molecule has 42 heavy (non-hydrogen) atoms. The number of carbonyl (C=O) groups is 3. The number of hydrogen-bond acceptors (Lipinski definition) is 7. The van der Waals surface area contributed by atoms with E-state index in [1.807, 2.05) is 0 Å². The number of rotatable bonds is 12. The molecule has 0 bridgehead atoms. The molecule has 2 heterocycles. The summed E-state index contributed by atoms with van der Waals surface area (Å²) in [6.07, 6.45) is 0.578. The number of halogens is 1. The summed E-state index contributed by atoms with van der Waals surface area (Å²) in [4.78, 5) is 43.7. The quantitative estimate of drug-likeness (QED) is 0.278. The molecule has 2 aromatic carbocycles. The van der Waals surface area contributed by atoms with Crippen LogP contribution in [0.25, 0.3) is 0 Å². The van der Waals surface area contributed by atoms with Crippen LogP contribution in [0.2, 0.25) is 5.02 Å². The molecular formula is C29H39ClN6O5S. The van der Waals surface area contributed by atoms with E-state index in [0.29, 0.717) is 36.5 Å². The number of hydrogen-bond donors (Lipinski definition) is 4. The van der Waals surface area contributed by atoms with Gasteiger partial charge in [-0.1, -0.05) is 48.0 Å². The maximum Gasteiger partial charge on any atom is 0.244 e. The predicted molar refractivity (Wildman–Crippen MR) is 161 cm³/mol. The molecule has 2 aromatic rings. The molecule has 0 radical (unpaired) electrons. The second-order valence-electron chi connectivity index (χ2n) is 11.2. The van der Waals surface area contributed by atoms with E-state index in [9.17, 15) is 22.8 Å². The van der Waals surface area contributed by atoms with Gasteiger partial charge in [-0.15, -0.1) is 0 Å². The third-order valence-corrected chi connectivity index (χ3v) is 9.63. The molecule has 2 saturated heterocycles. The van der Waals surface area contributed by atoms with Gasteiger partial charge in [-0.05, 0) is 48.6 Å². The average Bonchev–Trinajstić information content (AvgIpc) is 3.40. The van der Waals surface area contributed by atoms with E-state index in [0.717, 1.165) is 11.1 Å². The van der Waals surface area contributed by atoms with Crippen molar-refractivity contribution in [2.45, 2.75) is 62.7 Å².